The van der Waals surface area contributed by atoms with Crippen LogP contribution in [0, 0.1) is 0 Å². The Hall–Kier alpha value is -1.64. The van der Waals surface area contributed by atoms with E-state index in [9.17, 15) is 18.0 Å². The number of amides is 1. The van der Waals surface area contributed by atoms with Gasteiger partial charge >= 0.3 is 6.18 Å². The Morgan fingerprint density at radius 2 is 2.30 bits per heavy atom. The molecule has 9 heteroatoms. The first-order valence-corrected chi connectivity index (χ1v) is 6.30. The van der Waals surface area contributed by atoms with Crippen LogP contribution in [0.1, 0.15) is 23.5 Å². The molecule has 0 bridgehead atoms. The fourth-order valence-electron chi connectivity index (χ4n) is 2.36. The summed E-state index contributed by atoms with van der Waals surface area (Å²) in [6.45, 7) is -0.344. The molecule has 0 saturated carbocycles. The molecule has 0 spiro atoms. The van der Waals surface area contributed by atoms with Gasteiger partial charge in [-0.3, -0.25) is 9.69 Å². The highest BCUT2D eigenvalue weighted by molar-refractivity contribution is 5.90. The minimum absolute atomic E-state index is 0.144. The average molecular weight is 291 g/mol. The lowest BCUT2D eigenvalue weighted by Crippen LogP contribution is -2.44. The van der Waals surface area contributed by atoms with Gasteiger partial charge in [0.1, 0.15) is 6.33 Å². The summed E-state index contributed by atoms with van der Waals surface area (Å²) >= 11 is 0. The Morgan fingerprint density at radius 3 is 2.90 bits per heavy atom. The predicted octanol–water partition coefficient (Wildman–Crippen LogP) is 0.572. The van der Waals surface area contributed by atoms with Gasteiger partial charge in [-0.05, 0) is 19.4 Å². The molecule has 112 valence electrons. The maximum atomic E-state index is 12.4. The van der Waals surface area contributed by atoms with E-state index in [1.807, 2.05) is 0 Å². The molecule has 1 saturated heterocycles. The van der Waals surface area contributed by atoms with E-state index in [1.165, 1.54) is 15.9 Å². The number of rotatable bonds is 4. The molecule has 1 N–H and O–H groups in total. The molecule has 0 aromatic carbocycles. The third kappa shape index (κ3) is 3.69. The zero-order valence-corrected chi connectivity index (χ0v) is 11.0. The number of halogens is 3. The van der Waals surface area contributed by atoms with Crippen molar-refractivity contribution in [2.75, 3.05) is 19.6 Å². The second-order valence-electron chi connectivity index (χ2n) is 4.80. The number of nitrogens with one attached hydrogen (secondary N) is 1. The summed E-state index contributed by atoms with van der Waals surface area (Å²) in [4.78, 5) is 16.9. The lowest BCUT2D eigenvalue weighted by molar-refractivity contribution is -0.147. The number of alkyl halides is 3. The normalized spacial score (nSPS) is 20.3. The molecule has 1 aliphatic rings. The third-order valence-electron chi connectivity index (χ3n) is 3.29. The van der Waals surface area contributed by atoms with E-state index in [0.29, 0.717) is 19.4 Å². The highest BCUT2D eigenvalue weighted by atomic mass is 19.4. The number of carbonyl (C=O) groups is 1. The summed E-state index contributed by atoms with van der Waals surface area (Å²) in [7, 11) is 1.58. The van der Waals surface area contributed by atoms with Crippen molar-refractivity contribution in [1.82, 2.24) is 25.0 Å². The van der Waals surface area contributed by atoms with Crippen LogP contribution in [-0.2, 0) is 7.05 Å². The van der Waals surface area contributed by atoms with Gasteiger partial charge in [-0.1, -0.05) is 0 Å². The van der Waals surface area contributed by atoms with Gasteiger partial charge in [0.25, 0.3) is 5.91 Å². The van der Waals surface area contributed by atoms with Crippen LogP contribution in [0.25, 0.3) is 0 Å². The number of carbonyl (C=O) groups excluding carboxylic acids is 1. The SMILES string of the molecule is Cn1ncnc1C(=O)NCC1CCCN1CC(F)(F)F. The summed E-state index contributed by atoms with van der Waals surface area (Å²) in [6.07, 6.45) is -1.60. The molecular formula is C11H16F3N5O. The molecule has 0 aliphatic carbocycles. The van der Waals surface area contributed by atoms with Crippen molar-refractivity contribution in [1.29, 1.82) is 0 Å². The van der Waals surface area contributed by atoms with Crippen molar-refractivity contribution < 1.29 is 18.0 Å². The van der Waals surface area contributed by atoms with Gasteiger partial charge in [-0.2, -0.15) is 18.3 Å². The predicted molar refractivity (Wildman–Crippen MR) is 64.0 cm³/mol. The number of hydrogen-bond acceptors (Lipinski definition) is 4. The Morgan fingerprint density at radius 1 is 1.55 bits per heavy atom. The average Bonchev–Trinajstić information content (AvgIpc) is 2.93. The summed E-state index contributed by atoms with van der Waals surface area (Å²) in [5, 5.41) is 6.38. The molecule has 20 heavy (non-hydrogen) atoms. The summed E-state index contributed by atoms with van der Waals surface area (Å²) in [5.41, 5.74) is 0. The van der Waals surface area contributed by atoms with Crippen LogP contribution >= 0.6 is 0 Å². The van der Waals surface area contributed by atoms with Crippen LogP contribution < -0.4 is 5.32 Å². The molecule has 1 aromatic rings. The molecular weight excluding hydrogens is 275 g/mol. The monoisotopic (exact) mass is 291 g/mol. The van der Waals surface area contributed by atoms with Crippen LogP contribution in [-0.4, -0.2) is 57.4 Å². The van der Waals surface area contributed by atoms with Gasteiger partial charge in [0.15, 0.2) is 0 Å². The molecule has 2 heterocycles. The van der Waals surface area contributed by atoms with Crippen LogP contribution in [0.3, 0.4) is 0 Å². The zero-order valence-electron chi connectivity index (χ0n) is 11.0. The van der Waals surface area contributed by atoms with Crippen molar-refractivity contribution in [2.45, 2.75) is 25.1 Å². The molecule has 1 aliphatic heterocycles. The van der Waals surface area contributed by atoms with Crippen LogP contribution in [0.15, 0.2) is 6.33 Å². The summed E-state index contributed by atoms with van der Waals surface area (Å²) < 4.78 is 38.5. The summed E-state index contributed by atoms with van der Waals surface area (Å²) in [5.74, 6) is -0.283. The lowest BCUT2D eigenvalue weighted by atomic mass is 10.2. The molecule has 1 fully saturated rings. The molecule has 1 unspecified atom stereocenters. The lowest BCUT2D eigenvalue weighted by Gasteiger charge is -2.25. The van der Waals surface area contributed by atoms with Gasteiger partial charge in [0.05, 0.1) is 6.54 Å². The second kappa shape index (κ2) is 5.78. The molecule has 1 atom stereocenters. The number of nitrogens with zero attached hydrogens (tertiary/aromatic N) is 4. The fraction of sp³-hybridized carbons (Fsp3) is 0.727. The number of aryl methyl sites for hydroxylation is 1. The molecule has 1 aromatic heterocycles. The van der Waals surface area contributed by atoms with Gasteiger partial charge in [-0.15, -0.1) is 0 Å². The number of aromatic nitrogens is 3. The number of likely N-dealkylation sites (tertiary alicyclic amines) is 1. The third-order valence-corrected chi connectivity index (χ3v) is 3.29. The zero-order chi connectivity index (χ0) is 14.8. The van der Waals surface area contributed by atoms with E-state index in [2.05, 4.69) is 15.4 Å². The fourth-order valence-corrected chi connectivity index (χ4v) is 2.36. The Bertz CT molecular complexity index is 473. The van der Waals surface area contributed by atoms with E-state index >= 15 is 0 Å². The minimum atomic E-state index is -4.21. The molecule has 6 nitrogen and oxygen atoms in total. The van der Waals surface area contributed by atoms with E-state index in [4.69, 9.17) is 0 Å². The molecule has 1 amide bonds. The van der Waals surface area contributed by atoms with Gasteiger partial charge in [-0.25, -0.2) is 9.67 Å². The largest absolute Gasteiger partial charge is 0.401 e. The van der Waals surface area contributed by atoms with E-state index in [1.54, 1.807) is 7.05 Å². The molecule has 2 rings (SSSR count). The first kappa shape index (κ1) is 14.8. The van der Waals surface area contributed by atoms with E-state index in [0.717, 1.165) is 0 Å². The van der Waals surface area contributed by atoms with Crippen LogP contribution in [0.5, 0.6) is 0 Å². The van der Waals surface area contributed by atoms with Crippen molar-refractivity contribution >= 4 is 5.91 Å². The standard InChI is InChI=1S/C11H16F3N5O/c1-18-9(16-7-17-18)10(20)15-5-8-3-2-4-19(8)6-11(12,13)14/h7-8H,2-6H2,1H3,(H,15,20). The summed E-state index contributed by atoms with van der Waals surface area (Å²) in [6, 6.07) is -0.284. The Labute approximate surface area is 114 Å². The number of hydrogen-bond donors (Lipinski definition) is 1. The van der Waals surface area contributed by atoms with Crippen molar-refractivity contribution in [3.63, 3.8) is 0 Å². The maximum Gasteiger partial charge on any atom is 0.401 e. The first-order chi connectivity index (χ1) is 9.37. The van der Waals surface area contributed by atoms with Crippen molar-refractivity contribution in [3.8, 4) is 0 Å². The Balaban J connectivity index is 1.87. The quantitative estimate of drug-likeness (QED) is 0.881. The van der Waals surface area contributed by atoms with Gasteiger partial charge in [0, 0.05) is 19.6 Å². The van der Waals surface area contributed by atoms with E-state index in [-0.39, 0.29) is 18.4 Å². The van der Waals surface area contributed by atoms with Gasteiger partial charge in [0.2, 0.25) is 5.82 Å². The first-order valence-electron chi connectivity index (χ1n) is 6.30. The van der Waals surface area contributed by atoms with Crippen LogP contribution in [0.4, 0.5) is 13.2 Å². The molecule has 0 radical (unpaired) electrons. The maximum absolute atomic E-state index is 12.4. The Kier molecular flexibility index (Phi) is 4.26. The van der Waals surface area contributed by atoms with E-state index < -0.39 is 18.6 Å². The second-order valence-corrected chi connectivity index (χ2v) is 4.80. The highest BCUT2D eigenvalue weighted by Crippen LogP contribution is 2.23. The smallest absolute Gasteiger partial charge is 0.348 e. The van der Waals surface area contributed by atoms with Crippen molar-refractivity contribution in [3.05, 3.63) is 12.2 Å². The van der Waals surface area contributed by atoms with Gasteiger partial charge < -0.3 is 5.32 Å². The minimum Gasteiger partial charge on any atom is -0.348 e. The van der Waals surface area contributed by atoms with Crippen molar-refractivity contribution in [2.24, 2.45) is 7.05 Å². The highest BCUT2D eigenvalue weighted by Gasteiger charge is 2.36. The topological polar surface area (TPSA) is 63.1 Å². The van der Waals surface area contributed by atoms with Crippen LogP contribution in [0.2, 0.25) is 0 Å².